The quantitative estimate of drug-likeness (QED) is 0.778. The predicted octanol–water partition coefficient (Wildman–Crippen LogP) is 4.24. The predicted molar refractivity (Wildman–Crippen MR) is 83.6 cm³/mol. The standard InChI is InChI=1S/C18H26O3/c1-18(2,3)14-9-11-15(12-10-14)20-13-17(19)21-16-7-5-4-6-8-16/h9-12,16H,4-8,13H2,1-3H3. The van der Waals surface area contributed by atoms with Crippen LogP contribution in [0, 0.1) is 0 Å². The van der Waals surface area contributed by atoms with Gasteiger partial charge in [0.05, 0.1) is 0 Å². The summed E-state index contributed by atoms with van der Waals surface area (Å²) in [7, 11) is 0. The third kappa shape index (κ3) is 5.07. The largest absolute Gasteiger partial charge is 0.482 e. The summed E-state index contributed by atoms with van der Waals surface area (Å²) in [5.41, 5.74) is 1.37. The zero-order chi connectivity index (χ0) is 15.3. The topological polar surface area (TPSA) is 35.5 Å². The number of hydrogen-bond acceptors (Lipinski definition) is 3. The molecule has 0 radical (unpaired) electrons. The summed E-state index contributed by atoms with van der Waals surface area (Å²) >= 11 is 0. The van der Waals surface area contributed by atoms with Crippen LogP contribution in [0.3, 0.4) is 0 Å². The molecule has 0 unspecified atom stereocenters. The van der Waals surface area contributed by atoms with Gasteiger partial charge in [-0.1, -0.05) is 39.3 Å². The molecule has 3 nitrogen and oxygen atoms in total. The minimum atomic E-state index is -0.262. The molecule has 1 aromatic carbocycles. The lowest BCUT2D eigenvalue weighted by atomic mass is 9.87. The Morgan fingerprint density at radius 2 is 1.71 bits per heavy atom. The maximum atomic E-state index is 11.8. The summed E-state index contributed by atoms with van der Waals surface area (Å²) in [4.78, 5) is 11.8. The molecule has 0 aliphatic heterocycles. The van der Waals surface area contributed by atoms with Gasteiger partial charge in [-0.2, -0.15) is 0 Å². The minimum Gasteiger partial charge on any atom is -0.482 e. The van der Waals surface area contributed by atoms with Crippen LogP contribution in [0.15, 0.2) is 24.3 Å². The molecule has 0 amide bonds. The van der Waals surface area contributed by atoms with E-state index in [1.807, 2.05) is 24.3 Å². The first-order valence-electron chi connectivity index (χ1n) is 7.88. The van der Waals surface area contributed by atoms with E-state index in [1.165, 1.54) is 12.0 Å². The highest BCUT2D eigenvalue weighted by Gasteiger charge is 2.18. The van der Waals surface area contributed by atoms with Crippen LogP contribution in [-0.4, -0.2) is 18.7 Å². The highest BCUT2D eigenvalue weighted by atomic mass is 16.6. The Bertz CT molecular complexity index is 450. The lowest BCUT2D eigenvalue weighted by molar-refractivity contribution is -0.152. The second kappa shape index (κ2) is 6.97. The van der Waals surface area contributed by atoms with E-state index in [1.54, 1.807) is 0 Å². The van der Waals surface area contributed by atoms with Crippen LogP contribution in [0.4, 0.5) is 0 Å². The molecule has 0 aromatic heterocycles. The molecule has 1 fully saturated rings. The highest BCUT2D eigenvalue weighted by Crippen LogP contribution is 2.24. The molecule has 1 aliphatic carbocycles. The van der Waals surface area contributed by atoms with Crippen LogP contribution in [0.1, 0.15) is 58.4 Å². The van der Waals surface area contributed by atoms with Crippen LogP contribution in [0.25, 0.3) is 0 Å². The Balaban J connectivity index is 1.78. The zero-order valence-corrected chi connectivity index (χ0v) is 13.4. The van der Waals surface area contributed by atoms with Crippen molar-refractivity contribution in [3.05, 3.63) is 29.8 Å². The van der Waals surface area contributed by atoms with Crippen molar-refractivity contribution in [3.8, 4) is 5.75 Å². The first-order valence-corrected chi connectivity index (χ1v) is 7.88. The van der Waals surface area contributed by atoms with E-state index in [0.717, 1.165) is 25.7 Å². The Kier molecular flexibility index (Phi) is 5.27. The van der Waals surface area contributed by atoms with Crippen molar-refractivity contribution in [3.63, 3.8) is 0 Å². The van der Waals surface area contributed by atoms with Crippen molar-refractivity contribution < 1.29 is 14.3 Å². The Labute approximate surface area is 127 Å². The molecule has 0 bridgehead atoms. The first-order chi connectivity index (χ1) is 9.95. The van der Waals surface area contributed by atoms with E-state index in [4.69, 9.17) is 9.47 Å². The first kappa shape index (κ1) is 15.9. The second-order valence-corrected chi connectivity index (χ2v) is 6.81. The van der Waals surface area contributed by atoms with Crippen molar-refractivity contribution in [1.82, 2.24) is 0 Å². The lowest BCUT2D eigenvalue weighted by Crippen LogP contribution is -2.24. The fourth-order valence-electron chi connectivity index (χ4n) is 2.60. The van der Waals surface area contributed by atoms with Gasteiger partial charge >= 0.3 is 5.97 Å². The van der Waals surface area contributed by atoms with Crippen molar-refractivity contribution in [2.24, 2.45) is 0 Å². The van der Waals surface area contributed by atoms with Crippen molar-refractivity contribution >= 4 is 5.97 Å². The summed E-state index contributed by atoms with van der Waals surface area (Å²) in [5.74, 6) is 0.449. The number of carbonyl (C=O) groups is 1. The number of esters is 1. The molecular weight excluding hydrogens is 264 g/mol. The van der Waals surface area contributed by atoms with Gasteiger partial charge in [0, 0.05) is 0 Å². The summed E-state index contributed by atoms with van der Waals surface area (Å²) in [6.45, 7) is 6.50. The maximum absolute atomic E-state index is 11.8. The number of carbonyl (C=O) groups excluding carboxylic acids is 1. The maximum Gasteiger partial charge on any atom is 0.344 e. The van der Waals surface area contributed by atoms with E-state index >= 15 is 0 Å². The molecule has 116 valence electrons. The molecule has 1 saturated carbocycles. The Hall–Kier alpha value is -1.51. The smallest absolute Gasteiger partial charge is 0.344 e. The summed E-state index contributed by atoms with van der Waals surface area (Å²) in [5, 5.41) is 0. The van der Waals surface area contributed by atoms with Crippen LogP contribution < -0.4 is 4.74 Å². The van der Waals surface area contributed by atoms with Crippen LogP contribution in [-0.2, 0) is 14.9 Å². The number of ether oxygens (including phenoxy) is 2. The number of hydrogen-bond donors (Lipinski definition) is 0. The molecule has 2 rings (SSSR count). The highest BCUT2D eigenvalue weighted by molar-refractivity contribution is 5.71. The molecule has 21 heavy (non-hydrogen) atoms. The van der Waals surface area contributed by atoms with Gasteiger partial charge < -0.3 is 9.47 Å². The van der Waals surface area contributed by atoms with Crippen LogP contribution in [0.5, 0.6) is 5.75 Å². The summed E-state index contributed by atoms with van der Waals surface area (Å²) in [6, 6.07) is 7.91. The van der Waals surface area contributed by atoms with Gasteiger partial charge in [-0.25, -0.2) is 4.79 Å². The third-order valence-corrected chi connectivity index (χ3v) is 3.93. The van der Waals surface area contributed by atoms with Crippen molar-refractivity contribution in [2.45, 2.75) is 64.4 Å². The van der Waals surface area contributed by atoms with Gasteiger partial charge in [0.2, 0.25) is 0 Å². The van der Waals surface area contributed by atoms with Gasteiger partial charge in [-0.05, 0) is 48.8 Å². The normalized spacial score (nSPS) is 16.5. The van der Waals surface area contributed by atoms with E-state index in [-0.39, 0.29) is 24.1 Å². The summed E-state index contributed by atoms with van der Waals surface area (Å²) < 4.78 is 10.9. The van der Waals surface area contributed by atoms with Crippen molar-refractivity contribution in [2.75, 3.05) is 6.61 Å². The van der Waals surface area contributed by atoms with Crippen LogP contribution in [0.2, 0.25) is 0 Å². The van der Waals surface area contributed by atoms with Crippen LogP contribution >= 0.6 is 0 Å². The molecule has 3 heteroatoms. The molecule has 0 N–H and O–H groups in total. The third-order valence-electron chi connectivity index (χ3n) is 3.93. The molecule has 0 heterocycles. The van der Waals surface area contributed by atoms with Gasteiger partial charge in [0.25, 0.3) is 0 Å². The fraction of sp³-hybridized carbons (Fsp3) is 0.611. The minimum absolute atomic E-state index is 0.00857. The van der Waals surface area contributed by atoms with E-state index < -0.39 is 0 Å². The zero-order valence-electron chi connectivity index (χ0n) is 13.4. The van der Waals surface area contributed by atoms with Gasteiger partial charge in [-0.3, -0.25) is 0 Å². The Morgan fingerprint density at radius 3 is 2.29 bits per heavy atom. The molecule has 1 aliphatic rings. The molecule has 0 saturated heterocycles. The second-order valence-electron chi connectivity index (χ2n) is 6.81. The molecular formula is C18H26O3. The van der Waals surface area contributed by atoms with Gasteiger partial charge in [-0.15, -0.1) is 0 Å². The lowest BCUT2D eigenvalue weighted by Gasteiger charge is -2.22. The molecule has 0 atom stereocenters. The van der Waals surface area contributed by atoms with Gasteiger partial charge in [0.1, 0.15) is 11.9 Å². The average Bonchev–Trinajstić information content (AvgIpc) is 2.46. The SMILES string of the molecule is CC(C)(C)c1ccc(OCC(=O)OC2CCCCC2)cc1. The van der Waals surface area contributed by atoms with E-state index in [9.17, 15) is 4.79 Å². The molecule has 0 spiro atoms. The van der Waals surface area contributed by atoms with E-state index in [2.05, 4.69) is 20.8 Å². The van der Waals surface area contributed by atoms with Gasteiger partial charge in [0.15, 0.2) is 6.61 Å². The monoisotopic (exact) mass is 290 g/mol. The Morgan fingerprint density at radius 1 is 1.10 bits per heavy atom. The van der Waals surface area contributed by atoms with E-state index in [0.29, 0.717) is 5.75 Å². The number of rotatable bonds is 4. The average molecular weight is 290 g/mol. The fourth-order valence-corrected chi connectivity index (χ4v) is 2.60. The summed E-state index contributed by atoms with van der Waals surface area (Å²) in [6.07, 6.45) is 5.65. The molecule has 1 aromatic rings. The number of benzene rings is 1. The van der Waals surface area contributed by atoms with Crippen molar-refractivity contribution in [1.29, 1.82) is 0 Å².